The maximum absolute atomic E-state index is 13.1. The molecule has 0 saturated carbocycles. The molecular formula is C14H15FN2. The Kier molecular flexibility index (Phi) is 3.49. The van der Waals surface area contributed by atoms with Crippen LogP contribution in [0.15, 0.2) is 42.7 Å². The van der Waals surface area contributed by atoms with Crippen molar-refractivity contribution >= 4 is 0 Å². The summed E-state index contributed by atoms with van der Waals surface area (Å²) in [6.07, 6.45) is 3.73. The summed E-state index contributed by atoms with van der Waals surface area (Å²) in [4.78, 5) is 3.85. The van der Waals surface area contributed by atoms with Crippen molar-refractivity contribution in [1.82, 2.24) is 4.98 Å². The lowest BCUT2D eigenvalue weighted by atomic mass is 10.00. The summed E-state index contributed by atoms with van der Waals surface area (Å²) in [5.41, 5.74) is 8.76. The molecule has 17 heavy (non-hydrogen) atoms. The lowest BCUT2D eigenvalue weighted by Gasteiger charge is -2.10. The van der Waals surface area contributed by atoms with E-state index in [1.165, 1.54) is 12.3 Å². The van der Waals surface area contributed by atoms with E-state index in [1.54, 1.807) is 6.20 Å². The van der Waals surface area contributed by atoms with E-state index < -0.39 is 0 Å². The highest BCUT2D eigenvalue weighted by molar-refractivity contribution is 5.63. The summed E-state index contributed by atoms with van der Waals surface area (Å²) in [7, 11) is 0. The number of hydrogen-bond donors (Lipinski definition) is 1. The number of pyridine rings is 1. The molecule has 2 aromatic rings. The Hall–Kier alpha value is -1.74. The van der Waals surface area contributed by atoms with Crippen molar-refractivity contribution in [2.75, 3.05) is 0 Å². The van der Waals surface area contributed by atoms with E-state index in [4.69, 9.17) is 5.73 Å². The summed E-state index contributed by atoms with van der Waals surface area (Å²) in [5.74, 6) is -0.326. The number of nitrogens with zero attached hydrogens (tertiary/aromatic N) is 1. The lowest BCUT2D eigenvalue weighted by molar-refractivity contribution is 0.622. The molecule has 2 rings (SSSR count). The Balaban J connectivity index is 2.39. The van der Waals surface area contributed by atoms with Gasteiger partial charge in [0.1, 0.15) is 5.82 Å². The van der Waals surface area contributed by atoms with E-state index in [2.05, 4.69) is 4.98 Å². The smallest absolute Gasteiger partial charge is 0.142 e. The van der Waals surface area contributed by atoms with Gasteiger partial charge in [0.25, 0.3) is 0 Å². The van der Waals surface area contributed by atoms with E-state index in [0.29, 0.717) is 0 Å². The van der Waals surface area contributed by atoms with E-state index in [0.717, 1.165) is 23.1 Å². The minimum atomic E-state index is -0.326. The number of halogens is 1. The molecule has 1 aromatic carbocycles. The van der Waals surface area contributed by atoms with Crippen LogP contribution >= 0.6 is 0 Å². The quantitative estimate of drug-likeness (QED) is 0.878. The molecule has 1 unspecified atom stereocenters. The molecule has 0 fully saturated rings. The highest BCUT2D eigenvalue weighted by atomic mass is 19.1. The number of hydrogen-bond acceptors (Lipinski definition) is 2. The summed E-state index contributed by atoms with van der Waals surface area (Å²) in [6, 6.07) is 9.35. The molecule has 88 valence electrons. The largest absolute Gasteiger partial charge is 0.324 e. The summed E-state index contributed by atoms with van der Waals surface area (Å²) in [6.45, 7) is 2.04. The van der Waals surface area contributed by atoms with Gasteiger partial charge in [0.05, 0.1) is 6.20 Å². The predicted molar refractivity (Wildman–Crippen MR) is 66.9 cm³/mol. The van der Waals surface area contributed by atoms with Crippen molar-refractivity contribution in [3.63, 3.8) is 0 Å². The van der Waals surface area contributed by atoms with Crippen LogP contribution in [0.1, 0.15) is 24.9 Å². The van der Waals surface area contributed by atoms with Gasteiger partial charge >= 0.3 is 0 Å². The molecule has 3 heteroatoms. The summed E-state index contributed by atoms with van der Waals surface area (Å²) >= 11 is 0. The molecule has 0 radical (unpaired) electrons. The second kappa shape index (κ2) is 5.06. The van der Waals surface area contributed by atoms with Crippen LogP contribution in [-0.4, -0.2) is 4.98 Å². The third kappa shape index (κ3) is 2.68. The van der Waals surface area contributed by atoms with Gasteiger partial charge in [-0.3, -0.25) is 4.98 Å². The van der Waals surface area contributed by atoms with E-state index in [9.17, 15) is 4.39 Å². The first-order valence-electron chi connectivity index (χ1n) is 5.67. The normalized spacial score (nSPS) is 12.4. The molecule has 0 saturated heterocycles. The van der Waals surface area contributed by atoms with Gasteiger partial charge in [-0.1, -0.05) is 25.1 Å². The van der Waals surface area contributed by atoms with Crippen molar-refractivity contribution in [2.24, 2.45) is 5.73 Å². The number of rotatable bonds is 3. The van der Waals surface area contributed by atoms with Crippen LogP contribution in [0, 0.1) is 5.82 Å². The standard InChI is InChI=1S/C14H15FN2/c1-2-14(16)11-5-3-4-10(6-11)12-7-13(15)9-17-8-12/h3-9,14H,2,16H2,1H3. The van der Waals surface area contributed by atoms with Crippen LogP contribution < -0.4 is 5.73 Å². The van der Waals surface area contributed by atoms with E-state index in [1.807, 2.05) is 31.2 Å². The van der Waals surface area contributed by atoms with Crippen LogP contribution in [0.5, 0.6) is 0 Å². The van der Waals surface area contributed by atoms with Crippen molar-refractivity contribution in [2.45, 2.75) is 19.4 Å². The third-order valence-corrected chi connectivity index (χ3v) is 2.79. The van der Waals surface area contributed by atoms with Crippen LogP contribution in [-0.2, 0) is 0 Å². The van der Waals surface area contributed by atoms with E-state index in [-0.39, 0.29) is 11.9 Å². The van der Waals surface area contributed by atoms with Gasteiger partial charge in [0.15, 0.2) is 0 Å². The molecule has 0 aliphatic rings. The first-order valence-corrected chi connectivity index (χ1v) is 5.67. The monoisotopic (exact) mass is 230 g/mol. The minimum Gasteiger partial charge on any atom is -0.324 e. The minimum absolute atomic E-state index is 0.0245. The van der Waals surface area contributed by atoms with Gasteiger partial charge < -0.3 is 5.73 Å². The second-order valence-corrected chi connectivity index (χ2v) is 4.03. The maximum atomic E-state index is 13.1. The van der Waals surface area contributed by atoms with Gasteiger partial charge in [-0.2, -0.15) is 0 Å². The van der Waals surface area contributed by atoms with Gasteiger partial charge in [-0.05, 0) is 29.7 Å². The summed E-state index contributed by atoms with van der Waals surface area (Å²) < 4.78 is 13.1. The zero-order valence-electron chi connectivity index (χ0n) is 9.73. The maximum Gasteiger partial charge on any atom is 0.142 e. The number of aromatic nitrogens is 1. The zero-order chi connectivity index (χ0) is 12.3. The average molecular weight is 230 g/mol. The van der Waals surface area contributed by atoms with Crippen molar-refractivity contribution in [3.8, 4) is 11.1 Å². The third-order valence-electron chi connectivity index (χ3n) is 2.79. The van der Waals surface area contributed by atoms with Crippen LogP contribution in [0.3, 0.4) is 0 Å². The molecule has 2 nitrogen and oxygen atoms in total. The molecule has 0 aliphatic carbocycles. The Morgan fingerprint density at radius 3 is 2.76 bits per heavy atom. The van der Waals surface area contributed by atoms with Crippen molar-refractivity contribution in [3.05, 3.63) is 54.1 Å². The SMILES string of the molecule is CCC(N)c1cccc(-c2cncc(F)c2)c1. The van der Waals surface area contributed by atoms with Gasteiger partial charge in [-0.25, -0.2) is 4.39 Å². The Bertz CT molecular complexity index is 511. The molecule has 0 aliphatic heterocycles. The zero-order valence-corrected chi connectivity index (χ0v) is 9.73. The Morgan fingerprint density at radius 1 is 1.24 bits per heavy atom. The summed E-state index contributed by atoms with van der Waals surface area (Å²) in [5, 5.41) is 0. The van der Waals surface area contributed by atoms with E-state index >= 15 is 0 Å². The van der Waals surface area contributed by atoms with Gasteiger partial charge in [-0.15, -0.1) is 0 Å². The topological polar surface area (TPSA) is 38.9 Å². The molecule has 0 spiro atoms. The van der Waals surface area contributed by atoms with Gasteiger partial charge in [0, 0.05) is 17.8 Å². The second-order valence-electron chi connectivity index (χ2n) is 4.03. The number of benzene rings is 1. The fraction of sp³-hybridized carbons (Fsp3) is 0.214. The molecular weight excluding hydrogens is 215 g/mol. The first kappa shape index (κ1) is 11.7. The fourth-order valence-electron chi connectivity index (χ4n) is 1.75. The molecule has 0 bridgehead atoms. The van der Waals surface area contributed by atoms with Crippen LogP contribution in [0.25, 0.3) is 11.1 Å². The molecule has 1 atom stereocenters. The highest BCUT2D eigenvalue weighted by Gasteiger charge is 2.05. The molecule has 0 amide bonds. The Morgan fingerprint density at radius 2 is 2.06 bits per heavy atom. The average Bonchev–Trinajstić information content (AvgIpc) is 2.38. The number of nitrogens with two attached hydrogens (primary N) is 1. The van der Waals surface area contributed by atoms with Crippen molar-refractivity contribution in [1.29, 1.82) is 0 Å². The molecule has 1 aromatic heterocycles. The molecule has 2 N–H and O–H groups in total. The predicted octanol–water partition coefficient (Wildman–Crippen LogP) is 3.30. The lowest BCUT2D eigenvalue weighted by Crippen LogP contribution is -2.08. The first-order chi connectivity index (χ1) is 8.20. The van der Waals surface area contributed by atoms with Crippen LogP contribution in [0.4, 0.5) is 4.39 Å². The van der Waals surface area contributed by atoms with Gasteiger partial charge in [0.2, 0.25) is 0 Å². The van der Waals surface area contributed by atoms with Crippen molar-refractivity contribution < 1.29 is 4.39 Å². The Labute approximate surface area is 100 Å². The highest BCUT2D eigenvalue weighted by Crippen LogP contribution is 2.23. The van der Waals surface area contributed by atoms with Crippen LogP contribution in [0.2, 0.25) is 0 Å². The fourth-order valence-corrected chi connectivity index (χ4v) is 1.75. The molecule has 1 heterocycles.